The molecule has 0 aromatic heterocycles. The summed E-state index contributed by atoms with van der Waals surface area (Å²) in [4.78, 5) is 13.0. The third kappa shape index (κ3) is 4.48. The molecule has 0 aliphatic rings. The number of amides is 1. The van der Waals surface area contributed by atoms with Gasteiger partial charge < -0.3 is 5.32 Å². The van der Waals surface area contributed by atoms with Gasteiger partial charge in [-0.2, -0.15) is 0 Å². The van der Waals surface area contributed by atoms with Crippen LogP contribution >= 0.6 is 0 Å². The fourth-order valence-corrected chi connectivity index (χ4v) is 3.44. The van der Waals surface area contributed by atoms with Crippen LogP contribution in [-0.2, 0) is 9.84 Å². The van der Waals surface area contributed by atoms with Crippen LogP contribution in [0.4, 0.5) is 0 Å². The van der Waals surface area contributed by atoms with Gasteiger partial charge in [0.1, 0.15) is 0 Å². The zero-order valence-electron chi connectivity index (χ0n) is 15.4. The number of hydrogen-bond donors (Lipinski definition) is 1. The third-order valence-electron chi connectivity index (χ3n) is 4.51. The minimum atomic E-state index is -3.22. The maximum Gasteiger partial charge on any atom is 0.252 e. The highest BCUT2D eigenvalue weighted by Gasteiger charge is 2.17. The first-order chi connectivity index (χ1) is 11.6. The molecule has 1 unspecified atom stereocenters. The molecule has 25 heavy (non-hydrogen) atoms. The molecule has 0 saturated carbocycles. The first kappa shape index (κ1) is 19.2. The van der Waals surface area contributed by atoms with E-state index in [0.29, 0.717) is 12.0 Å². The van der Waals surface area contributed by atoms with E-state index in [1.54, 1.807) is 24.3 Å². The molecule has 0 aliphatic heterocycles. The SMILES string of the molecule is CCC(NC(=O)c1cc(C)c(C)cc1C)c1ccc(S(C)(=O)=O)cc1. The molecule has 1 atom stereocenters. The van der Waals surface area contributed by atoms with Crippen molar-refractivity contribution >= 4 is 15.7 Å². The molecule has 0 aliphatic carbocycles. The summed E-state index contributed by atoms with van der Waals surface area (Å²) in [5.74, 6) is -0.111. The lowest BCUT2D eigenvalue weighted by atomic mass is 9.99. The lowest BCUT2D eigenvalue weighted by molar-refractivity contribution is 0.0935. The summed E-state index contributed by atoms with van der Waals surface area (Å²) in [5.41, 5.74) is 4.76. The van der Waals surface area contributed by atoms with Gasteiger partial charge in [-0.1, -0.05) is 25.1 Å². The molecule has 5 heteroatoms. The van der Waals surface area contributed by atoms with Gasteiger partial charge in [-0.05, 0) is 67.6 Å². The zero-order chi connectivity index (χ0) is 18.8. The van der Waals surface area contributed by atoms with Crippen molar-refractivity contribution in [2.24, 2.45) is 0 Å². The normalized spacial score (nSPS) is 12.7. The van der Waals surface area contributed by atoms with E-state index >= 15 is 0 Å². The molecule has 0 saturated heterocycles. The number of rotatable bonds is 5. The van der Waals surface area contributed by atoms with E-state index in [2.05, 4.69) is 5.32 Å². The molecule has 0 bridgehead atoms. The summed E-state index contributed by atoms with van der Waals surface area (Å²) in [6, 6.07) is 10.5. The Bertz CT molecular complexity index is 884. The Balaban J connectivity index is 2.25. The lowest BCUT2D eigenvalue weighted by Crippen LogP contribution is -2.28. The van der Waals surface area contributed by atoms with Crippen molar-refractivity contribution < 1.29 is 13.2 Å². The van der Waals surface area contributed by atoms with E-state index < -0.39 is 9.84 Å². The van der Waals surface area contributed by atoms with Crippen LogP contribution in [0.5, 0.6) is 0 Å². The summed E-state index contributed by atoms with van der Waals surface area (Å²) in [6.45, 7) is 7.95. The third-order valence-corrected chi connectivity index (χ3v) is 5.64. The van der Waals surface area contributed by atoms with Crippen molar-refractivity contribution in [2.45, 2.75) is 45.1 Å². The minimum absolute atomic E-state index is 0.111. The number of aryl methyl sites for hydroxylation is 3. The van der Waals surface area contributed by atoms with Crippen LogP contribution in [0.25, 0.3) is 0 Å². The van der Waals surface area contributed by atoms with Crippen molar-refractivity contribution in [1.29, 1.82) is 0 Å². The Morgan fingerprint density at radius 3 is 2.08 bits per heavy atom. The molecule has 1 N–H and O–H groups in total. The first-order valence-electron chi connectivity index (χ1n) is 8.32. The standard InChI is InChI=1S/C20H25NO3S/c1-6-19(16-7-9-17(10-8-16)25(5,23)24)21-20(22)18-12-14(3)13(2)11-15(18)4/h7-12,19H,6H2,1-5H3,(H,21,22). The predicted octanol–water partition coefficient (Wildman–Crippen LogP) is 3.90. The van der Waals surface area contributed by atoms with E-state index in [9.17, 15) is 13.2 Å². The van der Waals surface area contributed by atoms with E-state index in [1.165, 1.54) is 6.26 Å². The maximum atomic E-state index is 12.7. The molecule has 2 aromatic rings. The highest BCUT2D eigenvalue weighted by Crippen LogP contribution is 2.21. The monoisotopic (exact) mass is 359 g/mol. The molecule has 2 aromatic carbocycles. The van der Waals surface area contributed by atoms with E-state index in [-0.39, 0.29) is 16.8 Å². The smallest absolute Gasteiger partial charge is 0.252 e. The molecule has 0 heterocycles. The summed E-state index contributed by atoms with van der Waals surface area (Å²) in [5, 5.41) is 3.06. The van der Waals surface area contributed by atoms with Crippen LogP contribution < -0.4 is 5.32 Å². The Morgan fingerprint density at radius 1 is 1.00 bits per heavy atom. The van der Waals surface area contributed by atoms with Gasteiger partial charge in [-0.15, -0.1) is 0 Å². The summed E-state index contributed by atoms with van der Waals surface area (Å²) >= 11 is 0. The summed E-state index contributed by atoms with van der Waals surface area (Å²) in [7, 11) is -3.22. The fourth-order valence-electron chi connectivity index (χ4n) is 2.81. The van der Waals surface area contributed by atoms with Crippen molar-refractivity contribution in [3.05, 3.63) is 64.2 Å². The Kier molecular flexibility index (Phi) is 5.68. The van der Waals surface area contributed by atoms with Crippen LogP contribution in [0.3, 0.4) is 0 Å². The Morgan fingerprint density at radius 2 is 1.56 bits per heavy atom. The van der Waals surface area contributed by atoms with Crippen LogP contribution in [0.1, 0.15) is 52.0 Å². The molecule has 1 amide bonds. The number of benzene rings is 2. The Labute approximate surface area is 150 Å². The van der Waals surface area contributed by atoms with E-state index in [4.69, 9.17) is 0 Å². The molecule has 0 radical (unpaired) electrons. The van der Waals surface area contributed by atoms with E-state index in [1.807, 2.05) is 39.8 Å². The highest BCUT2D eigenvalue weighted by molar-refractivity contribution is 7.90. The lowest BCUT2D eigenvalue weighted by Gasteiger charge is -2.19. The van der Waals surface area contributed by atoms with Gasteiger partial charge in [0.2, 0.25) is 0 Å². The first-order valence-corrected chi connectivity index (χ1v) is 10.2. The second-order valence-corrected chi connectivity index (χ2v) is 8.54. The molecule has 0 fully saturated rings. The van der Waals surface area contributed by atoms with Crippen LogP contribution in [0, 0.1) is 20.8 Å². The molecular weight excluding hydrogens is 334 g/mol. The topological polar surface area (TPSA) is 63.2 Å². The van der Waals surface area contributed by atoms with Crippen molar-refractivity contribution in [3.63, 3.8) is 0 Å². The molecule has 134 valence electrons. The second kappa shape index (κ2) is 7.40. The average Bonchev–Trinajstić information content (AvgIpc) is 2.55. The summed E-state index contributed by atoms with van der Waals surface area (Å²) in [6.07, 6.45) is 1.90. The highest BCUT2D eigenvalue weighted by atomic mass is 32.2. The van der Waals surface area contributed by atoms with Gasteiger partial charge in [0.05, 0.1) is 10.9 Å². The molecule has 2 rings (SSSR count). The minimum Gasteiger partial charge on any atom is -0.345 e. The second-order valence-electron chi connectivity index (χ2n) is 6.53. The number of nitrogens with one attached hydrogen (secondary N) is 1. The average molecular weight is 359 g/mol. The number of sulfone groups is 1. The van der Waals surface area contributed by atoms with Crippen LogP contribution in [0.2, 0.25) is 0 Å². The largest absolute Gasteiger partial charge is 0.345 e. The number of carbonyl (C=O) groups excluding carboxylic acids is 1. The fraction of sp³-hybridized carbons (Fsp3) is 0.350. The number of hydrogen-bond acceptors (Lipinski definition) is 3. The van der Waals surface area contributed by atoms with Crippen molar-refractivity contribution in [2.75, 3.05) is 6.26 Å². The molecule has 4 nitrogen and oxygen atoms in total. The van der Waals surface area contributed by atoms with Gasteiger partial charge >= 0.3 is 0 Å². The van der Waals surface area contributed by atoms with Crippen LogP contribution in [-0.4, -0.2) is 20.6 Å². The van der Waals surface area contributed by atoms with Crippen LogP contribution in [0.15, 0.2) is 41.3 Å². The van der Waals surface area contributed by atoms with Gasteiger partial charge in [0, 0.05) is 11.8 Å². The van der Waals surface area contributed by atoms with Crippen molar-refractivity contribution in [1.82, 2.24) is 5.32 Å². The van der Waals surface area contributed by atoms with Gasteiger partial charge in [0.25, 0.3) is 5.91 Å². The van der Waals surface area contributed by atoms with Gasteiger partial charge in [0.15, 0.2) is 9.84 Å². The quantitative estimate of drug-likeness (QED) is 0.881. The number of carbonyl (C=O) groups is 1. The predicted molar refractivity (Wildman–Crippen MR) is 101 cm³/mol. The molecular formula is C20H25NO3S. The van der Waals surface area contributed by atoms with Crippen molar-refractivity contribution in [3.8, 4) is 0 Å². The zero-order valence-corrected chi connectivity index (χ0v) is 16.2. The molecule has 0 spiro atoms. The van der Waals surface area contributed by atoms with Gasteiger partial charge in [-0.25, -0.2) is 8.42 Å². The van der Waals surface area contributed by atoms with E-state index in [0.717, 1.165) is 22.3 Å². The maximum absolute atomic E-state index is 12.7. The summed E-state index contributed by atoms with van der Waals surface area (Å²) < 4.78 is 23.1. The Hall–Kier alpha value is -2.14. The van der Waals surface area contributed by atoms with Gasteiger partial charge in [-0.3, -0.25) is 4.79 Å².